The molecule has 0 amide bonds. The minimum atomic E-state index is 0.423. The van der Waals surface area contributed by atoms with E-state index < -0.39 is 0 Å². The van der Waals surface area contributed by atoms with E-state index in [0.29, 0.717) is 23.1 Å². The predicted octanol–water partition coefficient (Wildman–Crippen LogP) is 5.57. The van der Waals surface area contributed by atoms with E-state index in [1.165, 1.54) is 10.8 Å². The van der Waals surface area contributed by atoms with Crippen molar-refractivity contribution in [1.82, 2.24) is 0 Å². The molecule has 0 saturated carbocycles. The molecular formula is C21H18ClNO2S. The van der Waals surface area contributed by atoms with E-state index in [1.54, 1.807) is 18.9 Å². The van der Waals surface area contributed by atoms with Gasteiger partial charge in [0, 0.05) is 17.9 Å². The summed E-state index contributed by atoms with van der Waals surface area (Å²) in [5.74, 6) is 2.20. The van der Waals surface area contributed by atoms with Crippen LogP contribution in [-0.4, -0.2) is 24.5 Å². The molecule has 26 heavy (non-hydrogen) atoms. The molecule has 0 bridgehead atoms. The number of ether oxygens (including phenoxy) is 2. The van der Waals surface area contributed by atoms with Crippen molar-refractivity contribution in [1.29, 1.82) is 0 Å². The molecule has 3 nitrogen and oxygen atoms in total. The Kier molecular flexibility index (Phi) is 5.05. The first kappa shape index (κ1) is 17.3. The minimum Gasteiger partial charge on any atom is -0.493 e. The predicted molar refractivity (Wildman–Crippen MR) is 110 cm³/mol. The third-order valence-electron chi connectivity index (χ3n) is 4.31. The van der Waals surface area contributed by atoms with E-state index in [4.69, 9.17) is 21.1 Å². The van der Waals surface area contributed by atoms with Crippen LogP contribution in [0.25, 0.3) is 10.8 Å². The van der Waals surface area contributed by atoms with Gasteiger partial charge < -0.3 is 9.47 Å². The normalized spacial score (nSPS) is 13.7. The zero-order valence-corrected chi connectivity index (χ0v) is 15.9. The van der Waals surface area contributed by atoms with Crippen molar-refractivity contribution >= 4 is 39.2 Å². The van der Waals surface area contributed by atoms with E-state index in [0.717, 1.165) is 28.5 Å². The van der Waals surface area contributed by atoms with Gasteiger partial charge in [0.1, 0.15) is 6.61 Å². The fourth-order valence-electron chi connectivity index (χ4n) is 3.06. The third kappa shape index (κ3) is 3.39. The lowest BCUT2D eigenvalue weighted by Gasteiger charge is -2.15. The Balaban J connectivity index is 1.63. The molecule has 4 rings (SSSR count). The SMILES string of the molecule is COc1cc(C2=NCCS2)cc(Cl)c1OCc1cccc2ccccc12. The van der Waals surface area contributed by atoms with Gasteiger partial charge in [0.05, 0.1) is 17.2 Å². The molecule has 0 aliphatic carbocycles. The van der Waals surface area contributed by atoms with Crippen molar-refractivity contribution in [3.63, 3.8) is 0 Å². The summed E-state index contributed by atoms with van der Waals surface area (Å²) in [4.78, 5) is 4.50. The van der Waals surface area contributed by atoms with Gasteiger partial charge in [-0.2, -0.15) is 0 Å². The van der Waals surface area contributed by atoms with E-state index >= 15 is 0 Å². The minimum absolute atomic E-state index is 0.423. The smallest absolute Gasteiger partial charge is 0.180 e. The van der Waals surface area contributed by atoms with Crippen molar-refractivity contribution in [2.45, 2.75) is 6.61 Å². The Bertz CT molecular complexity index is 982. The maximum Gasteiger partial charge on any atom is 0.180 e. The fraction of sp³-hybridized carbons (Fsp3) is 0.190. The lowest BCUT2D eigenvalue weighted by Crippen LogP contribution is -2.01. The molecule has 132 valence electrons. The summed E-state index contributed by atoms with van der Waals surface area (Å²) in [6.45, 7) is 1.27. The number of benzene rings is 3. The Morgan fingerprint density at radius 1 is 1.12 bits per heavy atom. The largest absolute Gasteiger partial charge is 0.493 e. The second kappa shape index (κ2) is 7.60. The Morgan fingerprint density at radius 3 is 2.77 bits per heavy atom. The number of hydrogen-bond acceptors (Lipinski definition) is 4. The van der Waals surface area contributed by atoms with Crippen molar-refractivity contribution in [3.05, 3.63) is 70.7 Å². The number of halogens is 1. The summed E-state index contributed by atoms with van der Waals surface area (Å²) < 4.78 is 11.6. The highest BCUT2D eigenvalue weighted by atomic mass is 35.5. The highest BCUT2D eigenvalue weighted by Crippen LogP contribution is 2.38. The Morgan fingerprint density at radius 2 is 1.96 bits per heavy atom. The van der Waals surface area contributed by atoms with Crippen LogP contribution in [-0.2, 0) is 6.61 Å². The van der Waals surface area contributed by atoms with Gasteiger partial charge in [0.2, 0.25) is 0 Å². The number of nitrogens with zero attached hydrogens (tertiary/aromatic N) is 1. The van der Waals surface area contributed by atoms with Gasteiger partial charge in [0.25, 0.3) is 0 Å². The first-order chi connectivity index (χ1) is 12.8. The number of hydrogen-bond donors (Lipinski definition) is 0. The Labute approximate surface area is 162 Å². The molecule has 0 spiro atoms. The number of methoxy groups -OCH3 is 1. The summed E-state index contributed by atoms with van der Waals surface area (Å²) in [5, 5.41) is 3.91. The lowest BCUT2D eigenvalue weighted by atomic mass is 10.1. The highest BCUT2D eigenvalue weighted by Gasteiger charge is 2.17. The molecule has 0 unspecified atom stereocenters. The molecular weight excluding hydrogens is 366 g/mol. The van der Waals surface area contributed by atoms with Gasteiger partial charge in [-0.25, -0.2) is 0 Å². The van der Waals surface area contributed by atoms with Gasteiger partial charge in [-0.1, -0.05) is 54.1 Å². The van der Waals surface area contributed by atoms with Crippen molar-refractivity contribution in [3.8, 4) is 11.5 Å². The van der Waals surface area contributed by atoms with Crippen LogP contribution >= 0.6 is 23.4 Å². The molecule has 5 heteroatoms. The number of rotatable bonds is 5. The summed E-state index contributed by atoms with van der Waals surface area (Å²) in [7, 11) is 1.63. The molecule has 0 radical (unpaired) electrons. The van der Waals surface area contributed by atoms with Crippen LogP contribution in [0.5, 0.6) is 11.5 Å². The quantitative estimate of drug-likeness (QED) is 0.576. The summed E-state index contributed by atoms with van der Waals surface area (Å²) >= 11 is 8.24. The number of fused-ring (bicyclic) bond motifs is 1. The van der Waals surface area contributed by atoms with Crippen molar-refractivity contribution in [2.75, 3.05) is 19.4 Å². The van der Waals surface area contributed by atoms with Crippen LogP contribution in [0, 0.1) is 0 Å². The monoisotopic (exact) mass is 383 g/mol. The number of aliphatic imine (C=N–C) groups is 1. The molecule has 3 aromatic rings. The zero-order valence-electron chi connectivity index (χ0n) is 14.4. The van der Waals surface area contributed by atoms with E-state index in [9.17, 15) is 0 Å². The van der Waals surface area contributed by atoms with Gasteiger partial charge in [-0.05, 0) is 28.5 Å². The van der Waals surface area contributed by atoms with Crippen LogP contribution < -0.4 is 9.47 Å². The molecule has 0 aromatic heterocycles. The highest BCUT2D eigenvalue weighted by molar-refractivity contribution is 8.14. The third-order valence-corrected chi connectivity index (χ3v) is 5.62. The Hall–Kier alpha value is -2.17. The van der Waals surface area contributed by atoms with Crippen LogP contribution in [0.15, 0.2) is 59.6 Å². The summed E-state index contributed by atoms with van der Waals surface area (Å²) in [5.41, 5.74) is 2.09. The van der Waals surface area contributed by atoms with E-state index in [2.05, 4.69) is 29.3 Å². The zero-order chi connectivity index (χ0) is 17.9. The van der Waals surface area contributed by atoms with Gasteiger partial charge in [-0.3, -0.25) is 4.99 Å². The van der Waals surface area contributed by atoms with Crippen LogP contribution in [0.2, 0.25) is 5.02 Å². The second-order valence-electron chi connectivity index (χ2n) is 5.95. The molecule has 1 aliphatic heterocycles. The van der Waals surface area contributed by atoms with Crippen LogP contribution in [0.4, 0.5) is 0 Å². The average molecular weight is 384 g/mol. The second-order valence-corrected chi connectivity index (χ2v) is 7.44. The summed E-state index contributed by atoms with van der Waals surface area (Å²) in [6.07, 6.45) is 0. The van der Waals surface area contributed by atoms with Gasteiger partial charge >= 0.3 is 0 Å². The molecule has 0 saturated heterocycles. The maximum absolute atomic E-state index is 6.51. The van der Waals surface area contributed by atoms with Crippen LogP contribution in [0.1, 0.15) is 11.1 Å². The van der Waals surface area contributed by atoms with E-state index in [-0.39, 0.29) is 0 Å². The molecule has 0 atom stereocenters. The molecule has 0 N–H and O–H groups in total. The first-order valence-electron chi connectivity index (χ1n) is 8.41. The average Bonchev–Trinajstić information content (AvgIpc) is 3.21. The number of thioether (sulfide) groups is 1. The first-order valence-corrected chi connectivity index (χ1v) is 9.77. The molecule has 1 heterocycles. The molecule has 3 aromatic carbocycles. The fourth-order valence-corrected chi connectivity index (χ4v) is 4.17. The molecule has 1 aliphatic rings. The van der Waals surface area contributed by atoms with Crippen LogP contribution in [0.3, 0.4) is 0 Å². The molecule has 0 fully saturated rings. The summed E-state index contributed by atoms with van der Waals surface area (Å²) in [6, 6.07) is 18.3. The maximum atomic E-state index is 6.51. The lowest BCUT2D eigenvalue weighted by molar-refractivity contribution is 0.286. The van der Waals surface area contributed by atoms with Gasteiger partial charge in [0.15, 0.2) is 11.5 Å². The van der Waals surface area contributed by atoms with Crippen molar-refractivity contribution in [2.24, 2.45) is 4.99 Å². The van der Waals surface area contributed by atoms with Gasteiger partial charge in [-0.15, -0.1) is 11.8 Å². The van der Waals surface area contributed by atoms with E-state index in [1.807, 2.05) is 30.3 Å². The van der Waals surface area contributed by atoms with Crippen molar-refractivity contribution < 1.29 is 9.47 Å². The standard InChI is InChI=1S/C21H18ClNO2S/c1-24-19-12-16(21-23-9-10-26-21)11-18(22)20(19)25-13-15-7-4-6-14-5-2-3-8-17(14)15/h2-8,11-12H,9-10,13H2,1H3. The topological polar surface area (TPSA) is 30.8 Å².